The minimum Gasteiger partial charge on any atom is -0.479 e. The molecule has 2 heterocycles. The summed E-state index contributed by atoms with van der Waals surface area (Å²) >= 11 is 0. The van der Waals surface area contributed by atoms with Crippen molar-refractivity contribution in [1.82, 2.24) is 0 Å². The van der Waals surface area contributed by atoms with Crippen LogP contribution in [-0.2, 0) is 19.0 Å². The maximum atomic E-state index is 11.3. The van der Waals surface area contributed by atoms with E-state index in [1.165, 1.54) is 0 Å². The Kier molecular flexibility index (Phi) is 9.28. The summed E-state index contributed by atoms with van der Waals surface area (Å²) in [6.45, 7) is 9.78. The van der Waals surface area contributed by atoms with Crippen LogP contribution in [0, 0.1) is 61.8 Å². The topological polar surface area (TPSA) is 105 Å². The summed E-state index contributed by atoms with van der Waals surface area (Å²) in [5.74, 6) is -1.50. The maximum absolute atomic E-state index is 11.3. The molecule has 0 aromatic heterocycles. The molecule has 8 heteroatoms. The van der Waals surface area contributed by atoms with Gasteiger partial charge in [-0.05, 0) is 25.2 Å². The van der Waals surface area contributed by atoms with E-state index in [1.54, 1.807) is 6.92 Å². The monoisotopic (exact) mass is 573 g/mol. The first-order valence-electron chi connectivity index (χ1n) is 8.74. The van der Waals surface area contributed by atoms with Crippen molar-refractivity contribution in [2.75, 3.05) is 0 Å². The van der Waals surface area contributed by atoms with Gasteiger partial charge in [-0.25, -0.2) is 4.79 Å². The van der Waals surface area contributed by atoms with Gasteiger partial charge < -0.3 is 29.5 Å². The van der Waals surface area contributed by atoms with E-state index in [9.17, 15) is 20.1 Å². The van der Waals surface area contributed by atoms with E-state index in [1.807, 2.05) is 13.8 Å². The molecule has 25 heavy (non-hydrogen) atoms. The van der Waals surface area contributed by atoms with E-state index < -0.39 is 36.5 Å². The second-order valence-electron chi connectivity index (χ2n) is 7.21. The van der Waals surface area contributed by atoms with Crippen LogP contribution in [0.2, 0.25) is 0 Å². The number of aliphatic hydroxyl groups is 2. The molecule has 4 unspecified atom stereocenters. The summed E-state index contributed by atoms with van der Waals surface area (Å²) in [4.78, 5) is 11.3. The summed E-state index contributed by atoms with van der Waals surface area (Å²) in [6, 6.07) is 0. The molecule has 0 bridgehead atoms. The molecule has 3 N–H and O–H groups in total. The molecule has 1 radical (unpaired) electrons. The molecule has 7 nitrogen and oxygen atoms in total. The fourth-order valence-corrected chi connectivity index (χ4v) is 3.59. The number of aliphatic hydroxyl groups excluding tert-OH is 2. The maximum Gasteiger partial charge on any atom is 0.335 e. The fraction of sp³-hybridized carbons (Fsp3) is 0.941. The summed E-state index contributed by atoms with van der Waals surface area (Å²) in [7, 11) is 0. The molecule has 0 amide bonds. The molecular weight excluding hydrogens is 543 g/mol. The van der Waals surface area contributed by atoms with Gasteiger partial charge in [0.25, 0.3) is 0 Å². The van der Waals surface area contributed by atoms with E-state index in [2.05, 4.69) is 13.8 Å². The molecule has 143 valence electrons. The average molecular weight is 573 g/mol. The van der Waals surface area contributed by atoms with Crippen LogP contribution in [0.1, 0.15) is 41.0 Å². The molecule has 0 aromatic carbocycles. The van der Waals surface area contributed by atoms with Crippen molar-refractivity contribution in [3.63, 3.8) is 0 Å². The number of carboxylic acids is 1. The van der Waals surface area contributed by atoms with Crippen LogP contribution in [-0.4, -0.2) is 64.2 Å². The summed E-state index contributed by atoms with van der Waals surface area (Å²) in [5, 5.41) is 29.6. The van der Waals surface area contributed by atoms with Crippen LogP contribution >= 0.6 is 0 Å². The quantitative estimate of drug-likeness (QED) is 0.461. The van der Waals surface area contributed by atoms with Gasteiger partial charge in [-0.3, -0.25) is 0 Å². The molecule has 2 aliphatic heterocycles. The zero-order chi connectivity index (χ0) is 18.2. The molecule has 2 rings (SSSR count). The minimum absolute atomic E-state index is 0. The second kappa shape index (κ2) is 9.77. The Morgan fingerprint density at radius 3 is 2.12 bits per heavy atom. The summed E-state index contributed by atoms with van der Waals surface area (Å²) in [5.41, 5.74) is 0. The molecular formula is C17H30AcO7. The molecule has 0 spiro atoms. The average Bonchev–Trinajstić information content (AvgIpc) is 2.54. The Balaban J connectivity index is 0.00000312. The predicted octanol–water partition coefficient (Wildman–Crippen LogP) is 1.01. The third kappa shape index (κ3) is 4.96. The molecule has 2 aliphatic rings. The van der Waals surface area contributed by atoms with Crippen LogP contribution in [0.4, 0.5) is 0 Å². The van der Waals surface area contributed by atoms with Crippen LogP contribution < -0.4 is 0 Å². The Labute approximate surface area is 185 Å². The van der Waals surface area contributed by atoms with Gasteiger partial charge in [-0.15, -0.1) is 0 Å². The largest absolute Gasteiger partial charge is 0.479 e. The van der Waals surface area contributed by atoms with Crippen LogP contribution in [0.5, 0.6) is 0 Å². The van der Waals surface area contributed by atoms with Crippen molar-refractivity contribution in [1.29, 1.82) is 0 Å². The summed E-state index contributed by atoms with van der Waals surface area (Å²) < 4.78 is 17.4. The van der Waals surface area contributed by atoms with E-state index in [0.717, 1.165) is 6.42 Å². The molecule has 0 saturated carbocycles. The predicted molar refractivity (Wildman–Crippen MR) is 85.3 cm³/mol. The van der Waals surface area contributed by atoms with Crippen LogP contribution in [0.25, 0.3) is 0 Å². The third-order valence-corrected chi connectivity index (χ3v) is 5.73. The smallest absolute Gasteiger partial charge is 0.335 e. The van der Waals surface area contributed by atoms with E-state index in [0.29, 0.717) is 0 Å². The van der Waals surface area contributed by atoms with Crippen molar-refractivity contribution in [2.24, 2.45) is 17.8 Å². The number of carbonyl (C=O) groups is 1. The van der Waals surface area contributed by atoms with Gasteiger partial charge in [0.1, 0.15) is 6.10 Å². The number of rotatable bonds is 4. The van der Waals surface area contributed by atoms with Crippen molar-refractivity contribution >= 4 is 5.97 Å². The Bertz CT molecular complexity index is 447. The molecule has 2 fully saturated rings. The van der Waals surface area contributed by atoms with Gasteiger partial charge in [0, 0.05) is 50.0 Å². The minimum atomic E-state index is -1.41. The second-order valence-corrected chi connectivity index (χ2v) is 7.21. The van der Waals surface area contributed by atoms with Gasteiger partial charge in [0.2, 0.25) is 0 Å². The van der Waals surface area contributed by atoms with Crippen molar-refractivity contribution < 1.29 is 78.4 Å². The van der Waals surface area contributed by atoms with E-state index in [4.69, 9.17) is 14.2 Å². The van der Waals surface area contributed by atoms with Gasteiger partial charge in [0.05, 0.1) is 24.4 Å². The summed E-state index contributed by atoms with van der Waals surface area (Å²) in [6.07, 6.45) is -4.50. The first-order valence-corrected chi connectivity index (χ1v) is 8.74. The first-order chi connectivity index (χ1) is 11.2. The van der Waals surface area contributed by atoms with Crippen molar-refractivity contribution in [3.8, 4) is 0 Å². The Morgan fingerprint density at radius 1 is 1.00 bits per heavy atom. The number of hydrogen-bond acceptors (Lipinski definition) is 6. The molecule has 0 aromatic rings. The first kappa shape index (κ1) is 23.8. The molecule has 2 saturated heterocycles. The molecule has 10 atom stereocenters. The normalized spacial score (nSPS) is 47.8. The SMILES string of the molecule is CCC1O[C@@H](C)C(C)[C@@H](C)[C@H]1O[C@H]1O[C@@H](C(=O)O)[C@@H](O)C(C)C1O.[Ac]. The Hall–Kier alpha value is 0.712. The van der Waals surface area contributed by atoms with Gasteiger partial charge in [-0.1, -0.05) is 27.7 Å². The number of carboxylic acid groups (broad SMARTS) is 1. The third-order valence-electron chi connectivity index (χ3n) is 5.73. The molecule has 0 aliphatic carbocycles. The van der Waals surface area contributed by atoms with Gasteiger partial charge in [-0.2, -0.15) is 0 Å². The van der Waals surface area contributed by atoms with E-state index >= 15 is 0 Å². The fourth-order valence-electron chi connectivity index (χ4n) is 3.59. The zero-order valence-electron chi connectivity index (χ0n) is 15.5. The van der Waals surface area contributed by atoms with E-state index in [-0.39, 0.29) is 74.2 Å². The van der Waals surface area contributed by atoms with Crippen LogP contribution in [0.3, 0.4) is 0 Å². The Morgan fingerprint density at radius 2 is 1.60 bits per heavy atom. The number of ether oxygens (including phenoxy) is 3. The standard InChI is InChI=1S/C17H30O7.Ac/c1-6-11-14(8(3)7(2)10(5)22-11)23-17-13(19)9(4)12(18)15(24-17)16(20)21;/h7-15,17-19H,6H2,1-5H3,(H,20,21);/t7?,8-,9?,10+,11?,12+,13?,14-,15-,17+;/m1./s1. The van der Waals surface area contributed by atoms with Gasteiger partial charge >= 0.3 is 5.97 Å². The van der Waals surface area contributed by atoms with Crippen molar-refractivity contribution in [2.45, 2.75) is 84.0 Å². The zero-order valence-corrected chi connectivity index (χ0v) is 20.3. The van der Waals surface area contributed by atoms with Crippen molar-refractivity contribution in [3.05, 3.63) is 0 Å². The number of hydrogen-bond donors (Lipinski definition) is 3. The number of aliphatic carboxylic acids is 1. The van der Waals surface area contributed by atoms with Crippen LogP contribution in [0.15, 0.2) is 0 Å². The van der Waals surface area contributed by atoms with Gasteiger partial charge in [0.15, 0.2) is 12.4 Å².